The van der Waals surface area contributed by atoms with Crippen LogP contribution in [-0.2, 0) is 9.59 Å². The fourth-order valence-electron chi connectivity index (χ4n) is 2.54. The first kappa shape index (κ1) is 15.6. The lowest BCUT2D eigenvalue weighted by Crippen LogP contribution is -2.50. The Balaban J connectivity index is 1.92. The molecular formula is C14H25N3O2S. The summed E-state index contributed by atoms with van der Waals surface area (Å²) < 4.78 is 0. The van der Waals surface area contributed by atoms with Crippen molar-refractivity contribution in [2.75, 3.05) is 24.7 Å². The summed E-state index contributed by atoms with van der Waals surface area (Å²) in [5.41, 5.74) is -0.0409. The second kappa shape index (κ2) is 6.35. The van der Waals surface area contributed by atoms with E-state index >= 15 is 0 Å². The number of carbonyl (C=O) groups is 2. The second-order valence-electron chi connectivity index (χ2n) is 6.81. The first-order chi connectivity index (χ1) is 9.37. The van der Waals surface area contributed by atoms with Gasteiger partial charge in [-0.1, -0.05) is 20.8 Å². The molecule has 6 heteroatoms. The maximum Gasteiger partial charge on any atom is 0.243 e. The van der Waals surface area contributed by atoms with Crippen molar-refractivity contribution in [3.63, 3.8) is 0 Å². The van der Waals surface area contributed by atoms with Gasteiger partial charge in [-0.05, 0) is 18.4 Å². The highest BCUT2D eigenvalue weighted by Crippen LogP contribution is 2.26. The number of hydrogen-bond donors (Lipinski definition) is 2. The van der Waals surface area contributed by atoms with E-state index in [1.807, 2.05) is 20.8 Å². The zero-order valence-electron chi connectivity index (χ0n) is 12.6. The number of thioether (sulfide) groups is 1. The van der Waals surface area contributed by atoms with Gasteiger partial charge in [0.2, 0.25) is 11.8 Å². The molecule has 2 saturated heterocycles. The Hall–Kier alpha value is -0.750. The number of nitrogens with zero attached hydrogens (tertiary/aromatic N) is 1. The number of hydrogen-bond acceptors (Lipinski definition) is 4. The van der Waals surface area contributed by atoms with Crippen molar-refractivity contribution in [1.29, 1.82) is 0 Å². The SMILES string of the molecule is CC(C)(C)CC(=O)N1CSCC1C(=O)NC1CCNC1. The molecule has 2 heterocycles. The highest BCUT2D eigenvalue weighted by molar-refractivity contribution is 7.99. The van der Waals surface area contributed by atoms with Crippen LogP contribution < -0.4 is 10.6 Å². The van der Waals surface area contributed by atoms with Gasteiger partial charge in [-0.25, -0.2) is 0 Å². The Morgan fingerprint density at radius 1 is 1.40 bits per heavy atom. The zero-order chi connectivity index (χ0) is 14.8. The molecular weight excluding hydrogens is 274 g/mol. The molecule has 2 fully saturated rings. The van der Waals surface area contributed by atoms with Gasteiger partial charge in [0, 0.05) is 24.8 Å². The highest BCUT2D eigenvalue weighted by Gasteiger charge is 2.36. The van der Waals surface area contributed by atoms with Gasteiger partial charge >= 0.3 is 0 Å². The number of rotatable bonds is 3. The monoisotopic (exact) mass is 299 g/mol. The van der Waals surface area contributed by atoms with Gasteiger partial charge < -0.3 is 15.5 Å². The molecule has 2 rings (SSSR count). The van der Waals surface area contributed by atoms with Crippen molar-refractivity contribution in [3.8, 4) is 0 Å². The van der Waals surface area contributed by atoms with Crippen molar-refractivity contribution < 1.29 is 9.59 Å². The molecule has 0 aromatic heterocycles. The van der Waals surface area contributed by atoms with E-state index in [0.717, 1.165) is 19.5 Å². The Labute approximate surface area is 125 Å². The third kappa shape index (κ3) is 4.12. The van der Waals surface area contributed by atoms with Crippen LogP contribution >= 0.6 is 11.8 Å². The summed E-state index contributed by atoms with van der Waals surface area (Å²) in [6, 6.07) is -0.0804. The van der Waals surface area contributed by atoms with Crippen LogP contribution in [0.1, 0.15) is 33.6 Å². The molecule has 0 radical (unpaired) electrons. The normalized spacial score (nSPS) is 26.9. The van der Waals surface area contributed by atoms with E-state index in [1.165, 1.54) is 0 Å². The van der Waals surface area contributed by atoms with E-state index in [4.69, 9.17) is 0 Å². The van der Waals surface area contributed by atoms with Gasteiger partial charge in [0.15, 0.2) is 0 Å². The lowest BCUT2D eigenvalue weighted by Gasteiger charge is -2.27. The van der Waals surface area contributed by atoms with Gasteiger partial charge in [0.05, 0.1) is 5.88 Å². The maximum atomic E-state index is 12.3. The van der Waals surface area contributed by atoms with Crippen LogP contribution in [-0.4, -0.2) is 53.5 Å². The fourth-order valence-corrected chi connectivity index (χ4v) is 3.72. The topological polar surface area (TPSA) is 61.4 Å². The minimum atomic E-state index is -0.296. The molecule has 5 nitrogen and oxygen atoms in total. The van der Waals surface area contributed by atoms with Crippen LogP contribution in [0, 0.1) is 5.41 Å². The van der Waals surface area contributed by atoms with Crippen LogP contribution in [0.25, 0.3) is 0 Å². The molecule has 0 aliphatic carbocycles. The van der Waals surface area contributed by atoms with Crippen LogP contribution in [0.3, 0.4) is 0 Å². The zero-order valence-corrected chi connectivity index (χ0v) is 13.4. The van der Waals surface area contributed by atoms with Crippen molar-refractivity contribution in [2.24, 2.45) is 5.41 Å². The summed E-state index contributed by atoms with van der Waals surface area (Å²) >= 11 is 1.66. The molecule has 2 aliphatic rings. The average Bonchev–Trinajstić information content (AvgIpc) is 2.96. The molecule has 0 saturated carbocycles. The molecule has 20 heavy (non-hydrogen) atoms. The molecule has 2 atom stereocenters. The predicted octanol–water partition coefficient (Wildman–Crippen LogP) is 0.802. The predicted molar refractivity (Wildman–Crippen MR) is 81.4 cm³/mol. The van der Waals surface area contributed by atoms with E-state index in [1.54, 1.807) is 16.7 Å². The molecule has 0 spiro atoms. The van der Waals surface area contributed by atoms with E-state index in [0.29, 0.717) is 18.1 Å². The summed E-state index contributed by atoms with van der Waals surface area (Å²) in [7, 11) is 0. The van der Waals surface area contributed by atoms with Gasteiger partial charge in [-0.2, -0.15) is 0 Å². The smallest absolute Gasteiger partial charge is 0.243 e. The molecule has 2 N–H and O–H groups in total. The van der Waals surface area contributed by atoms with Crippen molar-refractivity contribution in [2.45, 2.75) is 45.7 Å². The third-order valence-electron chi connectivity index (χ3n) is 3.59. The van der Waals surface area contributed by atoms with E-state index in [9.17, 15) is 9.59 Å². The highest BCUT2D eigenvalue weighted by atomic mass is 32.2. The maximum absolute atomic E-state index is 12.3. The summed E-state index contributed by atoms with van der Waals surface area (Å²) in [6.07, 6.45) is 1.46. The molecule has 0 aromatic carbocycles. The van der Waals surface area contributed by atoms with Gasteiger partial charge in [0.1, 0.15) is 6.04 Å². The summed E-state index contributed by atoms with van der Waals surface area (Å²) in [5.74, 6) is 1.44. The van der Waals surface area contributed by atoms with Crippen LogP contribution in [0.2, 0.25) is 0 Å². The average molecular weight is 299 g/mol. The standard InChI is InChI=1S/C14H25N3O2S/c1-14(2,3)6-12(18)17-9-20-8-11(17)13(19)16-10-4-5-15-7-10/h10-11,15H,4-9H2,1-3H3,(H,16,19). The number of carbonyl (C=O) groups excluding carboxylic acids is 2. The largest absolute Gasteiger partial charge is 0.350 e. The lowest BCUT2D eigenvalue weighted by atomic mass is 9.91. The number of amides is 2. The molecule has 2 unspecified atom stereocenters. The Kier molecular flexibility index (Phi) is 4.96. The Morgan fingerprint density at radius 2 is 2.15 bits per heavy atom. The molecule has 2 aliphatic heterocycles. The second-order valence-corrected chi connectivity index (χ2v) is 7.81. The van der Waals surface area contributed by atoms with E-state index < -0.39 is 0 Å². The van der Waals surface area contributed by atoms with Crippen molar-refractivity contribution in [3.05, 3.63) is 0 Å². The molecule has 0 aromatic rings. The first-order valence-corrected chi connectivity index (χ1v) is 8.40. The number of nitrogens with one attached hydrogen (secondary N) is 2. The first-order valence-electron chi connectivity index (χ1n) is 7.25. The quantitative estimate of drug-likeness (QED) is 0.809. The van der Waals surface area contributed by atoms with Gasteiger partial charge in [0.25, 0.3) is 0 Å². The minimum Gasteiger partial charge on any atom is -0.350 e. The van der Waals surface area contributed by atoms with Crippen molar-refractivity contribution in [1.82, 2.24) is 15.5 Å². The van der Waals surface area contributed by atoms with Crippen LogP contribution in [0.15, 0.2) is 0 Å². The molecule has 114 valence electrons. The van der Waals surface area contributed by atoms with E-state index in [2.05, 4.69) is 10.6 Å². The summed E-state index contributed by atoms with van der Waals surface area (Å²) in [4.78, 5) is 26.4. The Morgan fingerprint density at radius 3 is 2.75 bits per heavy atom. The minimum absolute atomic E-state index is 0.00552. The van der Waals surface area contributed by atoms with E-state index in [-0.39, 0.29) is 29.3 Å². The fraction of sp³-hybridized carbons (Fsp3) is 0.857. The van der Waals surface area contributed by atoms with Gasteiger partial charge in [-0.15, -0.1) is 11.8 Å². The molecule has 0 bridgehead atoms. The van der Waals surface area contributed by atoms with Crippen LogP contribution in [0.5, 0.6) is 0 Å². The Bertz CT molecular complexity index is 375. The summed E-state index contributed by atoms with van der Waals surface area (Å²) in [6.45, 7) is 7.94. The molecule has 2 amide bonds. The summed E-state index contributed by atoms with van der Waals surface area (Å²) in [5, 5.41) is 6.29. The lowest BCUT2D eigenvalue weighted by molar-refractivity contribution is -0.139. The van der Waals surface area contributed by atoms with Crippen LogP contribution in [0.4, 0.5) is 0 Å². The van der Waals surface area contributed by atoms with Gasteiger partial charge in [-0.3, -0.25) is 9.59 Å². The van der Waals surface area contributed by atoms with Crippen molar-refractivity contribution >= 4 is 23.6 Å². The third-order valence-corrected chi connectivity index (χ3v) is 4.61.